The maximum absolute atomic E-state index is 9.91. The third kappa shape index (κ3) is 4.35. The van der Waals surface area contributed by atoms with Gasteiger partial charge in [0, 0.05) is 24.7 Å². The molecule has 1 aliphatic rings. The Labute approximate surface area is 114 Å². The van der Waals surface area contributed by atoms with Gasteiger partial charge in [0.05, 0.1) is 12.2 Å². The highest BCUT2D eigenvalue weighted by atomic mass is 16.5. The van der Waals surface area contributed by atoms with E-state index in [0.717, 1.165) is 19.3 Å². The molecule has 1 heterocycles. The summed E-state index contributed by atoms with van der Waals surface area (Å²) in [6.07, 6.45) is 5.89. The summed E-state index contributed by atoms with van der Waals surface area (Å²) in [7, 11) is 0. The number of ether oxygens (including phenoxy) is 1. The molecule has 0 saturated heterocycles. The van der Waals surface area contributed by atoms with Gasteiger partial charge in [-0.1, -0.05) is 12.8 Å². The van der Waals surface area contributed by atoms with E-state index in [-0.39, 0.29) is 12.2 Å². The third-order valence-electron chi connectivity index (χ3n) is 3.38. The molecular weight excluding hydrogens is 242 g/mol. The molecule has 2 unspecified atom stereocenters. The van der Waals surface area contributed by atoms with Crippen LogP contribution in [0.25, 0.3) is 0 Å². The first-order valence-corrected chi connectivity index (χ1v) is 7.07. The monoisotopic (exact) mass is 265 g/mol. The Hall–Kier alpha value is -1.36. The van der Waals surface area contributed by atoms with E-state index >= 15 is 0 Å². The molecule has 0 radical (unpaired) electrons. The molecule has 0 aliphatic heterocycles. The van der Waals surface area contributed by atoms with Crippen molar-refractivity contribution in [3.63, 3.8) is 0 Å². The molecule has 0 amide bonds. The molecule has 1 aromatic heterocycles. The van der Waals surface area contributed by atoms with Crippen molar-refractivity contribution in [2.45, 2.75) is 51.7 Å². The van der Waals surface area contributed by atoms with E-state index < -0.39 is 0 Å². The third-order valence-corrected chi connectivity index (χ3v) is 3.38. The number of hydrogen-bond acceptors (Lipinski definition) is 5. The van der Waals surface area contributed by atoms with Crippen molar-refractivity contribution in [3.8, 4) is 5.88 Å². The quantitative estimate of drug-likeness (QED) is 0.854. The van der Waals surface area contributed by atoms with E-state index in [9.17, 15) is 5.11 Å². The number of nitrogens with one attached hydrogen (secondary N) is 1. The number of rotatable bonds is 5. The molecule has 1 saturated carbocycles. The van der Waals surface area contributed by atoms with Crippen molar-refractivity contribution < 1.29 is 9.84 Å². The van der Waals surface area contributed by atoms with Crippen LogP contribution < -0.4 is 10.1 Å². The molecule has 0 bridgehead atoms. The minimum atomic E-state index is -0.198. The van der Waals surface area contributed by atoms with Crippen molar-refractivity contribution >= 4 is 5.95 Å². The van der Waals surface area contributed by atoms with Crippen LogP contribution in [0.5, 0.6) is 5.88 Å². The van der Waals surface area contributed by atoms with Gasteiger partial charge < -0.3 is 15.2 Å². The average molecular weight is 265 g/mol. The Kier molecular flexibility index (Phi) is 4.96. The summed E-state index contributed by atoms with van der Waals surface area (Å²) in [5.74, 6) is 1.44. The fourth-order valence-electron chi connectivity index (χ4n) is 2.38. The van der Waals surface area contributed by atoms with Crippen molar-refractivity contribution in [3.05, 3.63) is 12.3 Å². The van der Waals surface area contributed by atoms with E-state index in [4.69, 9.17) is 4.74 Å². The molecule has 5 nitrogen and oxygen atoms in total. The normalized spacial score (nSPS) is 23.4. The molecule has 0 spiro atoms. The zero-order valence-corrected chi connectivity index (χ0v) is 11.7. The van der Waals surface area contributed by atoms with Gasteiger partial charge in [0.25, 0.3) is 0 Å². The second-order valence-corrected chi connectivity index (χ2v) is 5.38. The summed E-state index contributed by atoms with van der Waals surface area (Å²) in [5, 5.41) is 13.1. The van der Waals surface area contributed by atoms with E-state index in [2.05, 4.69) is 15.3 Å². The average Bonchev–Trinajstić information content (AvgIpc) is 2.37. The van der Waals surface area contributed by atoms with Gasteiger partial charge in [-0.05, 0) is 26.7 Å². The maximum atomic E-state index is 9.91. The van der Waals surface area contributed by atoms with Gasteiger partial charge in [-0.15, -0.1) is 0 Å². The molecule has 1 aromatic rings. The second kappa shape index (κ2) is 6.70. The van der Waals surface area contributed by atoms with Crippen LogP contribution in [0.4, 0.5) is 5.95 Å². The molecule has 0 aromatic carbocycles. The molecule has 1 fully saturated rings. The summed E-state index contributed by atoms with van der Waals surface area (Å²) < 4.78 is 5.53. The lowest BCUT2D eigenvalue weighted by molar-refractivity contribution is 0.0762. The number of hydrogen-bond donors (Lipinski definition) is 2. The Morgan fingerprint density at radius 3 is 2.95 bits per heavy atom. The number of aromatic nitrogens is 2. The van der Waals surface area contributed by atoms with Gasteiger partial charge >= 0.3 is 0 Å². The minimum absolute atomic E-state index is 0.0999. The van der Waals surface area contributed by atoms with Crippen molar-refractivity contribution in [1.82, 2.24) is 9.97 Å². The van der Waals surface area contributed by atoms with Gasteiger partial charge in [0.2, 0.25) is 11.8 Å². The van der Waals surface area contributed by atoms with Crippen LogP contribution in [0.2, 0.25) is 0 Å². The molecule has 106 valence electrons. The Morgan fingerprint density at radius 1 is 1.42 bits per heavy atom. The highest BCUT2D eigenvalue weighted by Crippen LogP contribution is 2.24. The Morgan fingerprint density at radius 2 is 2.21 bits per heavy atom. The van der Waals surface area contributed by atoms with E-state index in [1.54, 1.807) is 12.3 Å². The largest absolute Gasteiger partial charge is 0.475 e. The van der Waals surface area contributed by atoms with E-state index in [0.29, 0.717) is 24.3 Å². The molecule has 2 atom stereocenters. The summed E-state index contributed by atoms with van der Waals surface area (Å²) in [5.41, 5.74) is 0. The number of nitrogens with zero attached hydrogens (tertiary/aromatic N) is 2. The lowest BCUT2D eigenvalue weighted by Gasteiger charge is -2.27. The van der Waals surface area contributed by atoms with Crippen LogP contribution in [0, 0.1) is 5.92 Å². The molecular formula is C14H23N3O2. The zero-order valence-electron chi connectivity index (χ0n) is 11.7. The molecule has 19 heavy (non-hydrogen) atoms. The SMILES string of the molecule is CC(C)Oc1ccnc(NCC2CCCCC2O)n1. The van der Waals surface area contributed by atoms with Gasteiger partial charge in [0.1, 0.15) is 0 Å². The first kappa shape index (κ1) is 14.1. The van der Waals surface area contributed by atoms with Crippen molar-refractivity contribution in [2.75, 3.05) is 11.9 Å². The molecule has 2 N–H and O–H groups in total. The highest BCUT2D eigenvalue weighted by molar-refractivity contribution is 5.27. The lowest BCUT2D eigenvalue weighted by Crippen LogP contribution is -2.30. The summed E-state index contributed by atoms with van der Waals surface area (Å²) >= 11 is 0. The molecule has 1 aliphatic carbocycles. The minimum Gasteiger partial charge on any atom is -0.475 e. The number of aliphatic hydroxyl groups is 1. The molecule has 2 rings (SSSR count). The van der Waals surface area contributed by atoms with Crippen LogP contribution in [0.3, 0.4) is 0 Å². The fraction of sp³-hybridized carbons (Fsp3) is 0.714. The van der Waals surface area contributed by atoms with Crippen molar-refractivity contribution in [1.29, 1.82) is 0 Å². The second-order valence-electron chi connectivity index (χ2n) is 5.38. The summed E-state index contributed by atoms with van der Waals surface area (Å²) in [4.78, 5) is 8.47. The van der Waals surface area contributed by atoms with Gasteiger partial charge in [-0.2, -0.15) is 4.98 Å². The molecule has 5 heteroatoms. The maximum Gasteiger partial charge on any atom is 0.225 e. The van der Waals surface area contributed by atoms with Gasteiger partial charge in [0.15, 0.2) is 0 Å². The predicted molar refractivity (Wildman–Crippen MR) is 74.3 cm³/mol. The predicted octanol–water partition coefficient (Wildman–Crippen LogP) is 2.23. The highest BCUT2D eigenvalue weighted by Gasteiger charge is 2.22. The van der Waals surface area contributed by atoms with Crippen LogP contribution in [0.15, 0.2) is 12.3 Å². The van der Waals surface area contributed by atoms with Crippen LogP contribution >= 0.6 is 0 Å². The Bertz CT molecular complexity index is 398. The van der Waals surface area contributed by atoms with Crippen molar-refractivity contribution in [2.24, 2.45) is 5.92 Å². The van der Waals surface area contributed by atoms with E-state index in [1.165, 1.54) is 6.42 Å². The Balaban J connectivity index is 1.88. The summed E-state index contributed by atoms with van der Waals surface area (Å²) in [6.45, 7) is 4.65. The first-order valence-electron chi connectivity index (χ1n) is 7.07. The lowest BCUT2D eigenvalue weighted by atomic mass is 9.86. The van der Waals surface area contributed by atoms with Crippen LogP contribution in [-0.4, -0.2) is 33.8 Å². The standard InChI is InChI=1S/C14H23N3O2/c1-10(2)19-13-7-8-15-14(17-13)16-9-11-5-3-4-6-12(11)18/h7-8,10-12,18H,3-6,9H2,1-2H3,(H,15,16,17). The number of anilines is 1. The zero-order chi connectivity index (χ0) is 13.7. The smallest absolute Gasteiger partial charge is 0.225 e. The summed E-state index contributed by atoms with van der Waals surface area (Å²) in [6, 6.07) is 1.75. The van der Waals surface area contributed by atoms with Gasteiger partial charge in [-0.25, -0.2) is 4.98 Å². The van der Waals surface area contributed by atoms with E-state index in [1.807, 2.05) is 13.8 Å². The van der Waals surface area contributed by atoms with Crippen LogP contribution in [-0.2, 0) is 0 Å². The topological polar surface area (TPSA) is 67.3 Å². The number of aliphatic hydroxyl groups excluding tert-OH is 1. The first-order chi connectivity index (χ1) is 9.15. The fourth-order valence-corrected chi connectivity index (χ4v) is 2.38. The van der Waals surface area contributed by atoms with Crippen LogP contribution in [0.1, 0.15) is 39.5 Å². The van der Waals surface area contributed by atoms with Gasteiger partial charge in [-0.3, -0.25) is 0 Å².